The number of aromatic carboxylic acids is 1. The summed E-state index contributed by atoms with van der Waals surface area (Å²) < 4.78 is 23.7. The number of nitrogens with zero attached hydrogens (tertiary/aromatic N) is 2. The second kappa shape index (κ2) is 10.3. The van der Waals surface area contributed by atoms with Crippen LogP contribution in [-0.4, -0.2) is 46.8 Å². The molecule has 3 aliphatic rings. The van der Waals surface area contributed by atoms with Crippen LogP contribution in [0.2, 0.25) is 0 Å². The van der Waals surface area contributed by atoms with E-state index >= 15 is 4.39 Å². The van der Waals surface area contributed by atoms with Crippen molar-refractivity contribution in [2.75, 3.05) is 37.3 Å². The van der Waals surface area contributed by atoms with Crippen molar-refractivity contribution in [2.45, 2.75) is 70.8 Å². The number of nitrogens with one attached hydrogen (secondary N) is 1. The monoisotopic (exact) mass is 524 g/mol. The van der Waals surface area contributed by atoms with Gasteiger partial charge in [-0.1, -0.05) is 31.9 Å². The Bertz CT molecular complexity index is 1390. The van der Waals surface area contributed by atoms with Crippen molar-refractivity contribution >= 4 is 28.2 Å². The van der Waals surface area contributed by atoms with Gasteiger partial charge in [-0.2, -0.15) is 0 Å². The number of benzene rings is 1. The van der Waals surface area contributed by atoms with Gasteiger partial charge in [-0.3, -0.25) is 4.79 Å². The molecule has 2 aliphatic heterocycles. The Hall–Kier alpha value is -3.49. The van der Waals surface area contributed by atoms with Crippen LogP contribution >= 0.6 is 0 Å². The number of carbonyl (C=O) groups is 1. The number of pyridine rings is 1. The van der Waals surface area contributed by atoms with Crippen LogP contribution in [0.1, 0.15) is 75.6 Å². The lowest BCUT2D eigenvalue weighted by Crippen LogP contribution is -2.42. The number of nitrogen functional groups attached to an aromatic ring is 1. The van der Waals surface area contributed by atoms with Gasteiger partial charge in [-0.25, -0.2) is 9.18 Å². The first kappa shape index (κ1) is 26.1. The Morgan fingerprint density at radius 2 is 2.08 bits per heavy atom. The molecular formula is C29H37FN4O4. The van der Waals surface area contributed by atoms with Crippen LogP contribution in [0.5, 0.6) is 5.75 Å². The second-order valence-corrected chi connectivity index (χ2v) is 10.6. The molecule has 1 saturated carbocycles. The third-order valence-electron chi connectivity index (χ3n) is 8.31. The second-order valence-electron chi connectivity index (χ2n) is 10.6. The van der Waals surface area contributed by atoms with Gasteiger partial charge in [0, 0.05) is 31.5 Å². The summed E-state index contributed by atoms with van der Waals surface area (Å²) in [6, 6.07) is 0. The van der Waals surface area contributed by atoms with Crippen LogP contribution in [0.15, 0.2) is 34.4 Å². The number of halogens is 1. The molecule has 5 rings (SSSR count). The molecule has 1 spiro atoms. The van der Waals surface area contributed by atoms with Crippen LogP contribution < -0.4 is 21.2 Å². The molecule has 0 unspecified atom stereocenters. The number of likely N-dealkylation sites (tertiary alicyclic amines) is 1. The van der Waals surface area contributed by atoms with E-state index in [1.54, 1.807) is 0 Å². The van der Waals surface area contributed by atoms with Crippen molar-refractivity contribution in [3.8, 4) is 5.75 Å². The van der Waals surface area contributed by atoms with Crippen LogP contribution in [0.25, 0.3) is 10.9 Å². The molecule has 1 aliphatic carbocycles. The van der Waals surface area contributed by atoms with E-state index in [4.69, 9.17) is 10.5 Å². The third kappa shape index (κ3) is 4.22. The van der Waals surface area contributed by atoms with E-state index < -0.39 is 28.3 Å². The minimum Gasteiger partial charge on any atom is -0.487 e. The summed E-state index contributed by atoms with van der Waals surface area (Å²) in [5, 5.41) is 12.8. The number of aromatic nitrogens is 1. The molecule has 0 atom stereocenters. The van der Waals surface area contributed by atoms with Crippen molar-refractivity contribution in [1.29, 1.82) is 0 Å². The first-order chi connectivity index (χ1) is 18.3. The fraction of sp³-hybridized carbons (Fsp3) is 0.517. The van der Waals surface area contributed by atoms with Crippen molar-refractivity contribution in [1.82, 2.24) is 9.47 Å². The molecule has 1 aromatic carbocycles. The normalized spacial score (nSPS) is 20.4. The van der Waals surface area contributed by atoms with Crippen LogP contribution in [0.3, 0.4) is 0 Å². The van der Waals surface area contributed by atoms with Gasteiger partial charge in [-0.15, -0.1) is 0 Å². The number of ether oxygens (including phenoxy) is 1. The fourth-order valence-corrected chi connectivity index (χ4v) is 6.52. The van der Waals surface area contributed by atoms with E-state index in [-0.39, 0.29) is 22.5 Å². The molecule has 1 aromatic heterocycles. The van der Waals surface area contributed by atoms with Gasteiger partial charge in [0.05, 0.1) is 22.1 Å². The van der Waals surface area contributed by atoms with E-state index in [9.17, 15) is 14.7 Å². The summed E-state index contributed by atoms with van der Waals surface area (Å²) in [6.07, 6.45) is 13.4. The van der Waals surface area contributed by atoms with Gasteiger partial charge in [0.15, 0.2) is 11.6 Å². The van der Waals surface area contributed by atoms with Gasteiger partial charge >= 0.3 is 5.97 Å². The zero-order valence-corrected chi connectivity index (χ0v) is 22.2. The lowest BCUT2D eigenvalue weighted by atomic mass is 9.93. The summed E-state index contributed by atoms with van der Waals surface area (Å²) in [5.74, 6) is -1.89. The minimum atomic E-state index is -1.35. The Balaban J connectivity index is 1.47. The molecule has 9 heteroatoms. The number of carboxylic acids is 1. The molecule has 4 N–H and O–H groups in total. The standard InChI is InChI=1S/C29H37FN4O4/c1-3-9-18-10-7-14-33(20(18)4-2)15-8-13-32-24-22(30)23(31)21-25-27(24)38-17-29(11-5-6-12-29)34(25)16-19(26(21)35)28(36)37/h4,9,16,32H,3,5-8,10-15,17,31H2,1-2H3,(H,36,37)/b18-9-,20-4?. The quantitative estimate of drug-likeness (QED) is 0.336. The zero-order valence-electron chi connectivity index (χ0n) is 22.2. The minimum absolute atomic E-state index is 0.116. The molecule has 1 saturated heterocycles. The van der Waals surface area contributed by atoms with Crippen LogP contribution in [0.4, 0.5) is 15.8 Å². The predicted molar refractivity (Wildman–Crippen MR) is 148 cm³/mol. The summed E-state index contributed by atoms with van der Waals surface area (Å²) in [4.78, 5) is 27.4. The fourth-order valence-electron chi connectivity index (χ4n) is 6.52. The topological polar surface area (TPSA) is 110 Å². The number of piperidine rings is 1. The van der Waals surface area contributed by atoms with Gasteiger partial charge in [0.25, 0.3) is 0 Å². The highest BCUT2D eigenvalue weighted by molar-refractivity contribution is 6.03. The number of rotatable bonds is 7. The number of carboxylic acid groups (broad SMARTS) is 1. The number of nitrogens with two attached hydrogens (primary N) is 1. The van der Waals surface area contributed by atoms with Crippen molar-refractivity contribution in [2.24, 2.45) is 0 Å². The van der Waals surface area contributed by atoms with Crippen LogP contribution in [0, 0.1) is 5.82 Å². The van der Waals surface area contributed by atoms with Crippen LogP contribution in [-0.2, 0) is 5.54 Å². The van der Waals surface area contributed by atoms with Gasteiger partial charge in [-0.05, 0) is 51.0 Å². The Kier molecular flexibility index (Phi) is 7.11. The molecule has 0 amide bonds. The largest absolute Gasteiger partial charge is 0.487 e. The average Bonchev–Trinajstić information content (AvgIpc) is 3.37. The van der Waals surface area contributed by atoms with Gasteiger partial charge in [0.2, 0.25) is 5.43 Å². The summed E-state index contributed by atoms with van der Waals surface area (Å²) in [7, 11) is 0. The Morgan fingerprint density at radius 3 is 2.76 bits per heavy atom. The molecule has 0 bridgehead atoms. The molecule has 8 nitrogen and oxygen atoms in total. The zero-order chi connectivity index (χ0) is 27.0. The number of hydrogen-bond donors (Lipinski definition) is 3. The molecule has 3 heterocycles. The number of allylic oxidation sites excluding steroid dienone is 3. The lowest BCUT2D eigenvalue weighted by molar-refractivity contribution is 0.0692. The summed E-state index contributed by atoms with van der Waals surface area (Å²) in [6.45, 7) is 6.81. The molecule has 2 fully saturated rings. The molecular weight excluding hydrogens is 487 g/mol. The highest BCUT2D eigenvalue weighted by atomic mass is 19.1. The van der Waals surface area contributed by atoms with E-state index in [0.29, 0.717) is 18.7 Å². The SMILES string of the molecule is CC=C1/C(=C\CC)CCCN1CCCNc1c(F)c(N)c2c(=O)c(C(=O)O)cn3c2c1OCC31CCCC1. The smallest absolute Gasteiger partial charge is 0.341 e. The highest BCUT2D eigenvalue weighted by Crippen LogP contribution is 2.48. The van der Waals surface area contributed by atoms with Gasteiger partial charge in [0.1, 0.15) is 17.9 Å². The van der Waals surface area contributed by atoms with E-state index in [0.717, 1.165) is 64.5 Å². The Labute approximate surface area is 221 Å². The maximum atomic E-state index is 15.7. The number of fused-ring (bicyclic) bond motifs is 1. The number of hydrogen-bond acceptors (Lipinski definition) is 6. The molecule has 0 radical (unpaired) electrons. The first-order valence-corrected chi connectivity index (χ1v) is 13.7. The Morgan fingerprint density at radius 1 is 1.32 bits per heavy atom. The van der Waals surface area contributed by atoms with Gasteiger partial charge < -0.3 is 30.4 Å². The summed E-state index contributed by atoms with van der Waals surface area (Å²) >= 11 is 0. The van der Waals surface area contributed by atoms with E-state index in [1.165, 1.54) is 17.5 Å². The molecule has 2 aromatic rings. The third-order valence-corrected chi connectivity index (χ3v) is 8.31. The highest BCUT2D eigenvalue weighted by Gasteiger charge is 2.43. The van der Waals surface area contributed by atoms with E-state index in [1.807, 2.05) is 4.57 Å². The molecule has 38 heavy (non-hydrogen) atoms. The summed E-state index contributed by atoms with van der Waals surface area (Å²) in [5.41, 5.74) is 7.39. The van der Waals surface area contributed by atoms with Crippen molar-refractivity contribution in [3.05, 3.63) is 51.2 Å². The maximum Gasteiger partial charge on any atom is 0.341 e. The predicted octanol–water partition coefficient (Wildman–Crippen LogP) is 5.22. The molecule has 204 valence electrons. The first-order valence-electron chi connectivity index (χ1n) is 13.7. The van der Waals surface area contributed by atoms with Crippen molar-refractivity contribution in [3.63, 3.8) is 0 Å². The number of anilines is 2. The average molecular weight is 525 g/mol. The lowest BCUT2D eigenvalue weighted by Gasteiger charge is -2.39. The van der Waals surface area contributed by atoms with E-state index in [2.05, 4.69) is 36.2 Å². The maximum absolute atomic E-state index is 15.7. The van der Waals surface area contributed by atoms with Crippen molar-refractivity contribution < 1.29 is 19.0 Å².